The van der Waals surface area contributed by atoms with Gasteiger partial charge in [0.2, 0.25) is 12.4 Å². The first-order valence-corrected chi connectivity index (χ1v) is 13.2. The van der Waals surface area contributed by atoms with Gasteiger partial charge in [-0.05, 0) is 24.2 Å². The van der Waals surface area contributed by atoms with Crippen molar-refractivity contribution in [1.82, 2.24) is 0 Å². The van der Waals surface area contributed by atoms with Gasteiger partial charge in [0.05, 0.1) is 11.5 Å². The fourth-order valence-electron chi connectivity index (χ4n) is 3.75. The van der Waals surface area contributed by atoms with Crippen LogP contribution in [0.5, 0.6) is 5.75 Å². The van der Waals surface area contributed by atoms with Crippen molar-refractivity contribution in [3.63, 3.8) is 0 Å². The van der Waals surface area contributed by atoms with Gasteiger partial charge in [0, 0.05) is 19.9 Å². The van der Waals surface area contributed by atoms with E-state index >= 15 is 0 Å². The van der Waals surface area contributed by atoms with Crippen LogP contribution in [0.1, 0.15) is 34.6 Å². The van der Waals surface area contributed by atoms with Crippen LogP contribution in [0.2, 0.25) is 18.1 Å². The minimum Gasteiger partial charge on any atom is -0.455 e. The Balaban J connectivity index is 2.39. The molecule has 11 heteroatoms. The van der Waals surface area contributed by atoms with E-state index in [4.69, 9.17) is 23.4 Å². The molecule has 1 heterocycles. The molecule has 0 aromatic heterocycles. The first-order valence-electron chi connectivity index (χ1n) is 10.7. The molecule has 178 valence electrons. The molecular weight excluding hydrogens is 438 g/mol. The number of carbonyl (C=O) groups excluding carboxylic acids is 2. The van der Waals surface area contributed by atoms with Crippen molar-refractivity contribution in [3.8, 4) is 5.75 Å². The predicted octanol–water partition coefficient (Wildman–Crippen LogP) is 3.58. The van der Waals surface area contributed by atoms with E-state index in [1.165, 1.54) is 32.0 Å². The number of carbonyl (C=O) groups is 2. The van der Waals surface area contributed by atoms with E-state index in [-0.39, 0.29) is 18.0 Å². The highest BCUT2D eigenvalue weighted by Crippen LogP contribution is 2.33. The smallest absolute Gasteiger partial charge is 0.311 e. The van der Waals surface area contributed by atoms with Crippen LogP contribution in [0, 0.1) is 10.1 Å². The van der Waals surface area contributed by atoms with E-state index in [1.807, 2.05) is 0 Å². The molecule has 0 saturated carbocycles. The lowest BCUT2D eigenvalue weighted by molar-refractivity contribution is -0.386. The third kappa shape index (κ3) is 6.27. The Hall–Kier alpha value is -2.50. The summed E-state index contributed by atoms with van der Waals surface area (Å²) < 4.78 is 29.0. The molecule has 2 rings (SSSR count). The number of ether oxygens (including phenoxy) is 4. The van der Waals surface area contributed by atoms with Crippen LogP contribution in [-0.2, 0) is 28.2 Å². The van der Waals surface area contributed by atoms with Gasteiger partial charge in [-0.2, -0.15) is 0 Å². The van der Waals surface area contributed by atoms with Gasteiger partial charge in [-0.25, -0.2) is 0 Å². The third-order valence-electron chi connectivity index (χ3n) is 5.63. The topological polar surface area (TPSA) is 123 Å². The average molecular weight is 470 g/mol. The number of esters is 2. The predicted molar refractivity (Wildman–Crippen MR) is 117 cm³/mol. The number of rotatable bonds is 10. The summed E-state index contributed by atoms with van der Waals surface area (Å²) in [5.74, 6) is -1.28. The Labute approximate surface area is 188 Å². The molecule has 32 heavy (non-hydrogen) atoms. The molecule has 10 nitrogen and oxygen atoms in total. The Kier molecular flexibility index (Phi) is 9.17. The maximum absolute atomic E-state index is 11.9. The van der Waals surface area contributed by atoms with Gasteiger partial charge in [0.15, 0.2) is 20.2 Å². The van der Waals surface area contributed by atoms with E-state index < -0.39 is 49.8 Å². The highest BCUT2D eigenvalue weighted by molar-refractivity contribution is 6.73. The number of hydrogen-bond donors (Lipinski definition) is 0. The molecule has 0 amide bonds. The van der Waals surface area contributed by atoms with Crippen LogP contribution < -0.4 is 4.74 Å². The molecule has 1 fully saturated rings. The number of para-hydroxylation sites is 2. The van der Waals surface area contributed by atoms with Crippen molar-refractivity contribution in [1.29, 1.82) is 0 Å². The summed E-state index contributed by atoms with van der Waals surface area (Å²) in [6.45, 7) is 8.66. The molecular formula is C21H31NO9Si. The molecule has 0 unspecified atom stereocenters. The third-order valence-corrected chi connectivity index (χ3v) is 10.3. The van der Waals surface area contributed by atoms with Gasteiger partial charge in [-0.1, -0.05) is 32.9 Å². The van der Waals surface area contributed by atoms with Gasteiger partial charge in [0.1, 0.15) is 6.10 Å². The monoisotopic (exact) mass is 469 g/mol. The van der Waals surface area contributed by atoms with Crippen molar-refractivity contribution in [2.75, 3.05) is 6.61 Å². The number of nitro benzene ring substituents is 1. The molecule has 0 radical (unpaired) electrons. The van der Waals surface area contributed by atoms with Gasteiger partial charge >= 0.3 is 17.6 Å². The van der Waals surface area contributed by atoms with Crippen molar-refractivity contribution < 1.29 is 37.9 Å². The summed E-state index contributed by atoms with van der Waals surface area (Å²) >= 11 is 0. The van der Waals surface area contributed by atoms with Crippen LogP contribution in [0.3, 0.4) is 0 Å². The minimum atomic E-state index is -2.13. The molecule has 1 saturated heterocycles. The zero-order chi connectivity index (χ0) is 23.9. The van der Waals surface area contributed by atoms with Crippen molar-refractivity contribution in [2.45, 2.75) is 77.4 Å². The lowest BCUT2D eigenvalue weighted by Crippen LogP contribution is -2.61. The lowest BCUT2D eigenvalue weighted by Gasteiger charge is -2.43. The van der Waals surface area contributed by atoms with Crippen LogP contribution in [0.15, 0.2) is 24.3 Å². The minimum absolute atomic E-state index is 0.00968. The summed E-state index contributed by atoms with van der Waals surface area (Å²) in [5.41, 5.74) is -0.269. The molecule has 0 N–H and O–H groups in total. The molecule has 4 atom stereocenters. The zero-order valence-electron chi connectivity index (χ0n) is 19.1. The Morgan fingerprint density at radius 3 is 2.16 bits per heavy atom. The Bertz CT molecular complexity index is 806. The SMILES string of the molecule is CC[Si](CC)(CC)O[C@@H]1CO[C@H](Oc2ccccc2[N+](=O)[O-])[C@H](OC(C)=O)[C@@H]1OC(C)=O. The van der Waals surface area contributed by atoms with Gasteiger partial charge in [0.25, 0.3) is 0 Å². The highest BCUT2D eigenvalue weighted by atomic mass is 28.4. The van der Waals surface area contributed by atoms with Gasteiger partial charge < -0.3 is 23.4 Å². The number of hydrogen-bond acceptors (Lipinski definition) is 9. The average Bonchev–Trinajstić information content (AvgIpc) is 2.75. The lowest BCUT2D eigenvalue weighted by atomic mass is 10.0. The summed E-state index contributed by atoms with van der Waals surface area (Å²) in [4.78, 5) is 34.5. The van der Waals surface area contributed by atoms with E-state index in [0.717, 1.165) is 18.1 Å². The van der Waals surface area contributed by atoms with Crippen LogP contribution in [0.25, 0.3) is 0 Å². The summed E-state index contributed by atoms with van der Waals surface area (Å²) in [6.07, 6.45) is -4.06. The number of benzene rings is 1. The van der Waals surface area contributed by atoms with Crippen molar-refractivity contribution in [3.05, 3.63) is 34.4 Å². The van der Waals surface area contributed by atoms with Crippen molar-refractivity contribution >= 4 is 25.9 Å². The second kappa shape index (κ2) is 11.4. The molecule has 1 aliphatic heterocycles. The fourth-order valence-corrected chi connectivity index (χ4v) is 6.60. The molecule has 0 aliphatic carbocycles. The van der Waals surface area contributed by atoms with Crippen molar-refractivity contribution in [2.24, 2.45) is 0 Å². The second-order valence-electron chi connectivity index (χ2n) is 7.59. The first-order chi connectivity index (χ1) is 15.2. The standard InChI is InChI=1S/C21H31NO9Si/c1-6-32(7-2,8-3)31-18-13-27-21(20(29-15(5)24)19(18)28-14(4)23)30-17-12-10-9-11-16(17)22(25)26/h9-12,18-21H,6-8,13H2,1-5H3/t18-,19-,20-,21-/m1/s1. The quantitative estimate of drug-likeness (QED) is 0.219. The normalized spacial score (nSPS) is 23.3. The second-order valence-corrected chi connectivity index (χ2v) is 12.3. The van der Waals surface area contributed by atoms with E-state index in [9.17, 15) is 19.7 Å². The summed E-state index contributed by atoms with van der Waals surface area (Å²) in [7, 11) is -2.13. The number of nitrogens with zero attached hydrogens (tertiary/aromatic N) is 1. The van der Waals surface area contributed by atoms with E-state index in [2.05, 4.69) is 20.8 Å². The highest BCUT2D eigenvalue weighted by Gasteiger charge is 2.49. The van der Waals surface area contributed by atoms with Crippen LogP contribution in [0.4, 0.5) is 5.69 Å². The Morgan fingerprint density at radius 2 is 1.62 bits per heavy atom. The molecule has 1 aliphatic rings. The largest absolute Gasteiger partial charge is 0.455 e. The van der Waals surface area contributed by atoms with Crippen LogP contribution in [-0.4, -0.2) is 56.4 Å². The van der Waals surface area contributed by atoms with E-state index in [0.29, 0.717) is 0 Å². The maximum atomic E-state index is 11.9. The zero-order valence-corrected chi connectivity index (χ0v) is 20.1. The number of nitro groups is 1. The molecule has 0 bridgehead atoms. The summed E-state index contributed by atoms with van der Waals surface area (Å²) in [6, 6.07) is 8.36. The maximum Gasteiger partial charge on any atom is 0.311 e. The van der Waals surface area contributed by atoms with Gasteiger partial charge in [-0.15, -0.1) is 0 Å². The molecule has 1 aromatic rings. The summed E-state index contributed by atoms with van der Waals surface area (Å²) in [5, 5.41) is 11.4. The molecule has 1 aromatic carbocycles. The molecule has 0 spiro atoms. The first kappa shape index (κ1) is 25.8. The van der Waals surface area contributed by atoms with E-state index in [1.54, 1.807) is 6.07 Å². The fraction of sp³-hybridized carbons (Fsp3) is 0.619. The van der Waals surface area contributed by atoms with Gasteiger partial charge in [-0.3, -0.25) is 19.7 Å². The Morgan fingerprint density at radius 1 is 1.06 bits per heavy atom. The van der Waals surface area contributed by atoms with Crippen LogP contribution >= 0.6 is 0 Å².